The number of carboxylic acids is 1. The molecule has 4 aromatic carbocycles. The van der Waals surface area contributed by atoms with Crippen LogP contribution in [-0.4, -0.2) is 48.1 Å². The van der Waals surface area contributed by atoms with Gasteiger partial charge >= 0.3 is 5.97 Å². The highest BCUT2D eigenvalue weighted by Gasteiger charge is 2.21. The largest absolute Gasteiger partial charge is 0.491 e. The number of benzene rings is 4. The van der Waals surface area contributed by atoms with Crippen molar-refractivity contribution >= 4 is 5.97 Å². The van der Waals surface area contributed by atoms with E-state index >= 15 is 0 Å². The minimum atomic E-state index is -0.938. The Balaban J connectivity index is 1.21. The number of carboxylic acid groups (broad SMARTS) is 1. The van der Waals surface area contributed by atoms with Gasteiger partial charge in [0.25, 0.3) is 0 Å². The van der Waals surface area contributed by atoms with Gasteiger partial charge in [0.1, 0.15) is 30.3 Å². The van der Waals surface area contributed by atoms with Crippen LogP contribution in [0.25, 0.3) is 22.3 Å². The highest BCUT2D eigenvalue weighted by molar-refractivity contribution is 5.97. The number of ether oxygens (including phenoxy) is 2. The van der Waals surface area contributed by atoms with Crippen LogP contribution in [0.15, 0.2) is 91.0 Å². The Morgan fingerprint density at radius 3 is 2.46 bits per heavy atom. The van der Waals surface area contributed by atoms with Crippen molar-refractivity contribution in [1.82, 2.24) is 5.32 Å². The molecule has 0 spiro atoms. The van der Waals surface area contributed by atoms with Crippen LogP contribution in [0.2, 0.25) is 0 Å². The zero-order chi connectivity index (χ0) is 27.2. The summed E-state index contributed by atoms with van der Waals surface area (Å²) in [6.07, 6.45) is 1.16. The summed E-state index contributed by atoms with van der Waals surface area (Å²) in [7, 11) is 0. The first kappa shape index (κ1) is 26.5. The lowest BCUT2D eigenvalue weighted by Crippen LogP contribution is -2.39. The number of aliphatic hydroxyl groups is 1. The fourth-order valence-electron chi connectivity index (χ4n) is 4.83. The molecule has 0 fully saturated rings. The number of para-hydroxylation sites is 1. The van der Waals surface area contributed by atoms with Crippen LogP contribution in [0.5, 0.6) is 11.5 Å². The SMILES string of the molecule is Cc1ccc(-c2cc(-c3ccc4c(c3)CC[C@H](CNC[C@H](O)COc3ccccc3)O4)ccc2C(=O)O)cc1. The molecule has 200 valence electrons. The van der Waals surface area contributed by atoms with Gasteiger partial charge in [-0.1, -0.05) is 60.2 Å². The molecule has 0 amide bonds. The molecule has 0 saturated heterocycles. The zero-order valence-electron chi connectivity index (χ0n) is 22.0. The number of hydrogen-bond acceptors (Lipinski definition) is 5. The highest BCUT2D eigenvalue weighted by atomic mass is 16.5. The second-order valence-electron chi connectivity index (χ2n) is 9.97. The normalized spacial score (nSPS) is 15.2. The van der Waals surface area contributed by atoms with E-state index in [1.807, 2.05) is 85.8 Å². The van der Waals surface area contributed by atoms with Crippen molar-refractivity contribution in [2.45, 2.75) is 32.0 Å². The predicted octanol–water partition coefficient (Wildman–Crippen LogP) is 5.75. The molecule has 6 heteroatoms. The van der Waals surface area contributed by atoms with Crippen LogP contribution >= 0.6 is 0 Å². The first-order valence-electron chi connectivity index (χ1n) is 13.3. The molecule has 0 unspecified atom stereocenters. The molecule has 0 radical (unpaired) electrons. The van der Waals surface area contributed by atoms with Gasteiger partial charge < -0.3 is 25.0 Å². The van der Waals surface area contributed by atoms with Crippen LogP contribution in [0.1, 0.15) is 27.9 Å². The van der Waals surface area contributed by atoms with Crippen LogP contribution in [0.4, 0.5) is 0 Å². The summed E-state index contributed by atoms with van der Waals surface area (Å²) in [6, 6.07) is 29.0. The number of rotatable bonds is 10. The van der Waals surface area contributed by atoms with Crippen molar-refractivity contribution < 1.29 is 24.5 Å². The van der Waals surface area contributed by atoms with E-state index in [0.717, 1.165) is 52.2 Å². The van der Waals surface area contributed by atoms with Crippen molar-refractivity contribution in [1.29, 1.82) is 0 Å². The van der Waals surface area contributed by atoms with Crippen molar-refractivity contribution in [3.05, 3.63) is 108 Å². The Bertz CT molecular complexity index is 1420. The lowest BCUT2D eigenvalue weighted by Gasteiger charge is -2.27. The number of aliphatic hydroxyl groups excluding tert-OH is 1. The van der Waals surface area contributed by atoms with E-state index in [4.69, 9.17) is 9.47 Å². The summed E-state index contributed by atoms with van der Waals surface area (Å²) >= 11 is 0. The molecular formula is C33H33NO5. The number of carbonyl (C=O) groups is 1. The summed E-state index contributed by atoms with van der Waals surface area (Å²) in [5.41, 5.74) is 6.14. The topological polar surface area (TPSA) is 88.0 Å². The molecule has 6 nitrogen and oxygen atoms in total. The van der Waals surface area contributed by atoms with Gasteiger partial charge in [0.05, 0.1) is 5.56 Å². The van der Waals surface area contributed by atoms with Gasteiger partial charge in [-0.15, -0.1) is 0 Å². The van der Waals surface area contributed by atoms with E-state index in [1.165, 1.54) is 0 Å². The van der Waals surface area contributed by atoms with E-state index in [9.17, 15) is 15.0 Å². The lowest BCUT2D eigenvalue weighted by molar-refractivity contribution is 0.0697. The van der Waals surface area contributed by atoms with Crippen molar-refractivity contribution in [3.63, 3.8) is 0 Å². The van der Waals surface area contributed by atoms with Crippen molar-refractivity contribution in [2.24, 2.45) is 0 Å². The summed E-state index contributed by atoms with van der Waals surface area (Å²) < 4.78 is 11.8. The fourth-order valence-corrected chi connectivity index (χ4v) is 4.83. The van der Waals surface area contributed by atoms with Crippen LogP contribution in [0.3, 0.4) is 0 Å². The maximum absolute atomic E-state index is 11.9. The lowest BCUT2D eigenvalue weighted by atomic mass is 9.92. The summed E-state index contributed by atoms with van der Waals surface area (Å²) in [5.74, 6) is 0.671. The molecule has 1 aliphatic heterocycles. The maximum atomic E-state index is 11.9. The third-order valence-electron chi connectivity index (χ3n) is 6.97. The van der Waals surface area contributed by atoms with Crippen LogP contribution < -0.4 is 14.8 Å². The van der Waals surface area contributed by atoms with E-state index < -0.39 is 12.1 Å². The van der Waals surface area contributed by atoms with Gasteiger partial charge in [-0.2, -0.15) is 0 Å². The summed E-state index contributed by atoms with van der Waals surface area (Å²) in [6.45, 7) is 3.31. The van der Waals surface area contributed by atoms with Gasteiger partial charge in [-0.25, -0.2) is 4.79 Å². The van der Waals surface area contributed by atoms with Crippen molar-refractivity contribution in [2.75, 3.05) is 19.7 Å². The fraction of sp³-hybridized carbons (Fsp3) is 0.242. The van der Waals surface area contributed by atoms with Gasteiger partial charge in [0.15, 0.2) is 0 Å². The molecule has 0 bridgehead atoms. The average Bonchev–Trinajstić information content (AvgIpc) is 2.96. The quantitative estimate of drug-likeness (QED) is 0.245. The monoisotopic (exact) mass is 523 g/mol. The molecule has 0 aromatic heterocycles. The number of aryl methyl sites for hydroxylation is 2. The molecule has 0 saturated carbocycles. The standard InChI is InChI=1S/C33H33NO5/c1-22-7-9-23(10-8-22)31-18-25(12-15-30(31)33(36)37)24-13-16-32-26(17-24)11-14-29(39-32)20-34-19-27(35)21-38-28-5-3-2-4-6-28/h2-10,12-13,15-18,27,29,34-35H,11,14,19-21H2,1H3,(H,36,37)/t27-,29+/m0/s1. The zero-order valence-corrected chi connectivity index (χ0v) is 22.0. The number of hydrogen-bond donors (Lipinski definition) is 3. The molecule has 4 aromatic rings. The van der Waals surface area contributed by atoms with Gasteiger partial charge in [-0.3, -0.25) is 0 Å². The minimum Gasteiger partial charge on any atom is -0.491 e. The van der Waals surface area contributed by atoms with E-state index in [1.54, 1.807) is 6.07 Å². The first-order chi connectivity index (χ1) is 19.0. The number of aromatic carboxylic acids is 1. The Morgan fingerprint density at radius 1 is 0.974 bits per heavy atom. The number of nitrogens with one attached hydrogen (secondary N) is 1. The minimum absolute atomic E-state index is 0.0218. The van der Waals surface area contributed by atoms with Crippen LogP contribution in [-0.2, 0) is 6.42 Å². The predicted molar refractivity (Wildman–Crippen MR) is 153 cm³/mol. The van der Waals surface area contributed by atoms with E-state index in [2.05, 4.69) is 11.4 Å². The smallest absolute Gasteiger partial charge is 0.336 e. The molecule has 2 atom stereocenters. The average molecular weight is 524 g/mol. The summed E-state index contributed by atoms with van der Waals surface area (Å²) in [5, 5.41) is 23.3. The first-order valence-corrected chi connectivity index (χ1v) is 13.3. The Morgan fingerprint density at radius 2 is 1.69 bits per heavy atom. The summed E-state index contributed by atoms with van der Waals surface area (Å²) in [4.78, 5) is 11.9. The second kappa shape index (κ2) is 12.2. The Labute approximate surface area is 228 Å². The second-order valence-corrected chi connectivity index (χ2v) is 9.97. The number of fused-ring (bicyclic) bond motifs is 1. The Hall–Kier alpha value is -4.13. The maximum Gasteiger partial charge on any atom is 0.336 e. The van der Waals surface area contributed by atoms with Gasteiger partial charge in [-0.05, 0) is 84.0 Å². The van der Waals surface area contributed by atoms with Gasteiger partial charge in [0, 0.05) is 13.1 Å². The van der Waals surface area contributed by atoms with E-state index in [-0.39, 0.29) is 18.3 Å². The van der Waals surface area contributed by atoms with Crippen LogP contribution in [0, 0.1) is 6.92 Å². The van der Waals surface area contributed by atoms with Gasteiger partial charge in [0.2, 0.25) is 0 Å². The molecular weight excluding hydrogens is 490 g/mol. The highest BCUT2D eigenvalue weighted by Crippen LogP contribution is 2.34. The van der Waals surface area contributed by atoms with E-state index in [0.29, 0.717) is 18.7 Å². The molecule has 1 heterocycles. The Kier molecular flexibility index (Phi) is 8.25. The third kappa shape index (κ3) is 6.66. The van der Waals surface area contributed by atoms with Crippen molar-refractivity contribution in [3.8, 4) is 33.8 Å². The molecule has 39 heavy (non-hydrogen) atoms. The molecule has 5 rings (SSSR count). The third-order valence-corrected chi connectivity index (χ3v) is 6.97. The molecule has 1 aliphatic rings. The molecule has 3 N–H and O–H groups in total. The molecule has 0 aliphatic carbocycles.